The molecule has 0 aromatic heterocycles. The Morgan fingerprint density at radius 3 is 3.00 bits per heavy atom. The third-order valence-corrected chi connectivity index (χ3v) is 4.03. The van der Waals surface area contributed by atoms with Crippen LogP contribution in [0.25, 0.3) is 0 Å². The molecule has 1 fully saturated rings. The zero-order valence-electron chi connectivity index (χ0n) is 11.4. The van der Waals surface area contributed by atoms with E-state index in [-0.39, 0.29) is 11.9 Å². The Kier molecular flexibility index (Phi) is 4.82. The highest BCUT2D eigenvalue weighted by molar-refractivity contribution is 9.10. The van der Waals surface area contributed by atoms with E-state index in [1.165, 1.54) is 5.56 Å². The van der Waals surface area contributed by atoms with Crippen molar-refractivity contribution in [2.75, 3.05) is 24.5 Å². The van der Waals surface area contributed by atoms with Crippen LogP contribution in [-0.4, -0.2) is 31.6 Å². The van der Waals surface area contributed by atoms with Crippen molar-refractivity contribution in [2.24, 2.45) is 0 Å². The maximum atomic E-state index is 11.7. The zero-order chi connectivity index (χ0) is 13.8. The molecule has 0 radical (unpaired) electrons. The minimum atomic E-state index is -0.121. The van der Waals surface area contributed by atoms with E-state index in [4.69, 9.17) is 0 Å². The average Bonchev–Trinajstić information content (AvgIpc) is 2.40. The molecular weight excluding hydrogens is 306 g/mol. The molecule has 4 nitrogen and oxygen atoms in total. The van der Waals surface area contributed by atoms with Gasteiger partial charge in [-0.1, -0.05) is 13.0 Å². The third-order valence-electron chi connectivity index (χ3n) is 3.40. The van der Waals surface area contributed by atoms with Crippen LogP contribution in [0.5, 0.6) is 0 Å². The van der Waals surface area contributed by atoms with Gasteiger partial charge in [-0.3, -0.25) is 4.79 Å². The number of rotatable bonds is 4. The van der Waals surface area contributed by atoms with Crippen molar-refractivity contribution in [3.8, 4) is 0 Å². The molecule has 2 rings (SSSR count). The van der Waals surface area contributed by atoms with Gasteiger partial charge in [-0.15, -0.1) is 0 Å². The second-order valence-electron chi connectivity index (χ2n) is 4.73. The first-order valence-corrected chi connectivity index (χ1v) is 7.46. The van der Waals surface area contributed by atoms with E-state index in [0.29, 0.717) is 6.54 Å². The quantitative estimate of drug-likeness (QED) is 0.888. The third kappa shape index (κ3) is 3.28. The molecule has 19 heavy (non-hydrogen) atoms. The summed E-state index contributed by atoms with van der Waals surface area (Å²) >= 11 is 3.62. The molecule has 1 aliphatic rings. The smallest absolute Gasteiger partial charge is 0.242 e. The number of piperazine rings is 1. The fourth-order valence-corrected chi connectivity index (χ4v) is 2.93. The number of nitrogens with zero attached hydrogens (tertiary/aromatic N) is 1. The van der Waals surface area contributed by atoms with Crippen molar-refractivity contribution in [1.29, 1.82) is 0 Å². The molecule has 0 aliphatic carbocycles. The number of carbonyl (C=O) groups is 1. The number of amides is 1. The number of anilines is 1. The molecule has 5 heteroatoms. The van der Waals surface area contributed by atoms with Crippen molar-refractivity contribution in [2.45, 2.75) is 26.4 Å². The summed E-state index contributed by atoms with van der Waals surface area (Å²) in [5, 5.41) is 6.19. The SMILES string of the molecule is CCNCc1ccc(N2CCNC(=O)C2C)c(Br)c1. The van der Waals surface area contributed by atoms with E-state index >= 15 is 0 Å². The second kappa shape index (κ2) is 6.39. The van der Waals surface area contributed by atoms with E-state index in [1.807, 2.05) is 6.92 Å². The molecule has 1 amide bonds. The molecule has 0 spiro atoms. The average molecular weight is 326 g/mol. The predicted molar refractivity (Wildman–Crippen MR) is 81.3 cm³/mol. The highest BCUT2D eigenvalue weighted by atomic mass is 79.9. The van der Waals surface area contributed by atoms with Gasteiger partial charge in [0.05, 0.1) is 5.69 Å². The molecular formula is C14H20BrN3O. The molecule has 1 heterocycles. The van der Waals surface area contributed by atoms with E-state index < -0.39 is 0 Å². The highest BCUT2D eigenvalue weighted by Gasteiger charge is 2.26. The summed E-state index contributed by atoms with van der Waals surface area (Å²) in [6.07, 6.45) is 0. The number of halogens is 1. The van der Waals surface area contributed by atoms with E-state index in [2.05, 4.69) is 56.6 Å². The summed E-state index contributed by atoms with van der Waals surface area (Å²) in [4.78, 5) is 13.9. The molecule has 0 bridgehead atoms. The standard InChI is InChI=1S/C14H20BrN3O/c1-3-16-9-11-4-5-13(12(15)8-11)18-7-6-17-14(19)10(18)2/h4-5,8,10,16H,3,6-7,9H2,1-2H3,(H,17,19). The normalized spacial score (nSPS) is 19.4. The van der Waals surface area contributed by atoms with E-state index in [1.54, 1.807) is 0 Å². The number of benzene rings is 1. The molecule has 104 valence electrons. The van der Waals surface area contributed by atoms with Gasteiger partial charge >= 0.3 is 0 Å². The minimum Gasteiger partial charge on any atom is -0.357 e. The Labute approximate surface area is 122 Å². The Morgan fingerprint density at radius 2 is 2.32 bits per heavy atom. The maximum Gasteiger partial charge on any atom is 0.242 e. The van der Waals surface area contributed by atoms with Gasteiger partial charge in [0.2, 0.25) is 5.91 Å². The van der Waals surface area contributed by atoms with E-state index in [0.717, 1.165) is 29.8 Å². The summed E-state index contributed by atoms with van der Waals surface area (Å²) in [6.45, 7) is 7.41. The topological polar surface area (TPSA) is 44.4 Å². The highest BCUT2D eigenvalue weighted by Crippen LogP contribution is 2.29. The van der Waals surface area contributed by atoms with Crippen LogP contribution in [-0.2, 0) is 11.3 Å². The van der Waals surface area contributed by atoms with Crippen molar-refractivity contribution in [3.63, 3.8) is 0 Å². The summed E-state index contributed by atoms with van der Waals surface area (Å²) < 4.78 is 1.05. The van der Waals surface area contributed by atoms with Crippen LogP contribution in [0.4, 0.5) is 5.69 Å². The van der Waals surface area contributed by atoms with Gasteiger partial charge in [0.15, 0.2) is 0 Å². The van der Waals surface area contributed by atoms with Gasteiger partial charge < -0.3 is 15.5 Å². The Morgan fingerprint density at radius 1 is 1.53 bits per heavy atom. The van der Waals surface area contributed by atoms with Gasteiger partial charge in [0, 0.05) is 24.1 Å². The molecule has 2 N–H and O–H groups in total. The van der Waals surface area contributed by atoms with Crippen LogP contribution >= 0.6 is 15.9 Å². The van der Waals surface area contributed by atoms with Crippen LogP contribution in [0.3, 0.4) is 0 Å². The molecule has 1 aliphatic heterocycles. The van der Waals surface area contributed by atoms with Crippen LogP contribution in [0, 0.1) is 0 Å². The van der Waals surface area contributed by atoms with Gasteiger partial charge in [0.25, 0.3) is 0 Å². The van der Waals surface area contributed by atoms with Crippen molar-refractivity contribution in [1.82, 2.24) is 10.6 Å². The Balaban J connectivity index is 2.18. The zero-order valence-corrected chi connectivity index (χ0v) is 13.0. The van der Waals surface area contributed by atoms with Gasteiger partial charge in [-0.25, -0.2) is 0 Å². The molecule has 0 saturated carbocycles. The predicted octanol–water partition coefficient (Wildman–Crippen LogP) is 1.88. The lowest BCUT2D eigenvalue weighted by Gasteiger charge is -2.35. The molecule has 1 unspecified atom stereocenters. The number of hydrogen-bond acceptors (Lipinski definition) is 3. The summed E-state index contributed by atoms with van der Waals surface area (Å²) in [7, 11) is 0. The summed E-state index contributed by atoms with van der Waals surface area (Å²) in [5.74, 6) is 0.0925. The largest absolute Gasteiger partial charge is 0.357 e. The van der Waals surface area contributed by atoms with Crippen molar-refractivity contribution < 1.29 is 4.79 Å². The Hall–Kier alpha value is -1.07. The monoisotopic (exact) mass is 325 g/mol. The van der Waals surface area contributed by atoms with Crippen LogP contribution < -0.4 is 15.5 Å². The molecule has 1 aromatic rings. The fraction of sp³-hybridized carbons (Fsp3) is 0.500. The Bertz CT molecular complexity index is 464. The molecule has 1 atom stereocenters. The lowest BCUT2D eigenvalue weighted by atomic mass is 10.1. The summed E-state index contributed by atoms with van der Waals surface area (Å²) in [5.41, 5.74) is 2.33. The van der Waals surface area contributed by atoms with Crippen molar-refractivity contribution in [3.05, 3.63) is 28.2 Å². The lowest BCUT2D eigenvalue weighted by Crippen LogP contribution is -2.54. The second-order valence-corrected chi connectivity index (χ2v) is 5.58. The maximum absolute atomic E-state index is 11.7. The van der Waals surface area contributed by atoms with Crippen LogP contribution in [0.2, 0.25) is 0 Å². The van der Waals surface area contributed by atoms with Gasteiger partial charge in [-0.05, 0) is 47.1 Å². The number of nitrogens with one attached hydrogen (secondary N) is 2. The summed E-state index contributed by atoms with van der Waals surface area (Å²) in [6, 6.07) is 6.20. The first-order chi connectivity index (χ1) is 9.13. The minimum absolute atomic E-state index is 0.0925. The molecule has 1 saturated heterocycles. The van der Waals surface area contributed by atoms with E-state index in [9.17, 15) is 4.79 Å². The molecule has 1 aromatic carbocycles. The number of hydrogen-bond donors (Lipinski definition) is 2. The van der Waals surface area contributed by atoms with Gasteiger partial charge in [0.1, 0.15) is 6.04 Å². The first kappa shape index (κ1) is 14.3. The van der Waals surface area contributed by atoms with Crippen LogP contribution in [0.1, 0.15) is 19.4 Å². The first-order valence-electron chi connectivity index (χ1n) is 6.67. The fourth-order valence-electron chi connectivity index (χ4n) is 2.27. The van der Waals surface area contributed by atoms with Gasteiger partial charge in [-0.2, -0.15) is 0 Å². The lowest BCUT2D eigenvalue weighted by molar-refractivity contribution is -0.122. The van der Waals surface area contributed by atoms with Crippen LogP contribution in [0.15, 0.2) is 22.7 Å². The number of carbonyl (C=O) groups excluding carboxylic acids is 1. The van der Waals surface area contributed by atoms with Crippen molar-refractivity contribution >= 4 is 27.5 Å².